The number of aliphatic hydroxyl groups excluding tert-OH is 1. The van der Waals surface area contributed by atoms with Gasteiger partial charge < -0.3 is 14.6 Å². The van der Waals surface area contributed by atoms with Gasteiger partial charge in [-0.2, -0.15) is 0 Å². The number of carbonyl (C=O) groups excluding carboxylic acids is 1. The van der Waals surface area contributed by atoms with E-state index in [2.05, 4.69) is 27.4 Å². The number of hydrogen-bond acceptors (Lipinski definition) is 4. The van der Waals surface area contributed by atoms with E-state index in [9.17, 15) is 9.90 Å². The lowest BCUT2D eigenvalue weighted by molar-refractivity contribution is -0.147. The van der Waals surface area contributed by atoms with Crippen molar-refractivity contribution in [3.05, 3.63) is 42.0 Å². The van der Waals surface area contributed by atoms with Gasteiger partial charge in [-0.1, -0.05) is 39.5 Å². The summed E-state index contributed by atoms with van der Waals surface area (Å²) in [6.07, 6.45) is -0.698. The van der Waals surface area contributed by atoms with Gasteiger partial charge in [-0.15, -0.1) is 0 Å². The highest BCUT2D eigenvalue weighted by molar-refractivity contribution is 5.87. The molecule has 0 aliphatic rings. The molecule has 1 unspecified atom stereocenters. The molecule has 0 saturated heterocycles. The molecule has 0 saturated carbocycles. The summed E-state index contributed by atoms with van der Waals surface area (Å²) in [5, 5.41) is 9.20. The fourth-order valence-corrected chi connectivity index (χ4v) is 1.62. The number of hydrogen-bond donors (Lipinski definition) is 1. The van der Waals surface area contributed by atoms with Gasteiger partial charge in [0.15, 0.2) is 6.10 Å². The lowest BCUT2D eigenvalue weighted by Crippen LogP contribution is -2.28. The third kappa shape index (κ3) is 5.60. The zero-order valence-corrected chi connectivity index (χ0v) is 13.2. The fraction of sp³-hybridized carbons (Fsp3) is 0.471. The molecule has 0 bridgehead atoms. The van der Waals surface area contributed by atoms with E-state index in [4.69, 9.17) is 9.47 Å². The van der Waals surface area contributed by atoms with Crippen LogP contribution in [0.25, 0.3) is 0 Å². The van der Waals surface area contributed by atoms with Crippen LogP contribution in [0.5, 0.6) is 5.75 Å². The molecule has 0 spiro atoms. The Hall–Kier alpha value is -1.81. The molecule has 1 N–H and O–H groups in total. The fourth-order valence-electron chi connectivity index (χ4n) is 1.62. The number of rotatable bonds is 6. The molecule has 1 aromatic carbocycles. The lowest BCUT2D eigenvalue weighted by Gasteiger charge is -2.20. The molecule has 0 radical (unpaired) electrons. The zero-order valence-electron chi connectivity index (χ0n) is 13.2. The molecular formula is C17H24O4. The number of carbonyl (C=O) groups is 1. The van der Waals surface area contributed by atoms with Crippen molar-refractivity contribution >= 4 is 5.97 Å². The Balaban J connectivity index is 2.57. The van der Waals surface area contributed by atoms with E-state index in [0.29, 0.717) is 11.3 Å². The summed E-state index contributed by atoms with van der Waals surface area (Å²) in [5.74, 6) is 0.147. The molecule has 21 heavy (non-hydrogen) atoms. The summed E-state index contributed by atoms with van der Waals surface area (Å²) < 4.78 is 10.6. The van der Waals surface area contributed by atoms with E-state index in [1.54, 1.807) is 6.92 Å². The number of aliphatic hydroxyl groups is 1. The molecule has 0 aliphatic heterocycles. The maximum Gasteiger partial charge on any atom is 0.333 e. The Labute approximate surface area is 126 Å². The molecule has 0 fully saturated rings. The van der Waals surface area contributed by atoms with Crippen LogP contribution in [-0.4, -0.2) is 30.4 Å². The first kappa shape index (κ1) is 17.2. The van der Waals surface area contributed by atoms with Crippen molar-refractivity contribution < 1.29 is 19.4 Å². The van der Waals surface area contributed by atoms with Gasteiger partial charge in [0, 0.05) is 5.57 Å². The first-order valence-electron chi connectivity index (χ1n) is 6.94. The van der Waals surface area contributed by atoms with Crippen LogP contribution in [0, 0.1) is 0 Å². The lowest BCUT2D eigenvalue weighted by atomic mass is 9.87. The minimum absolute atomic E-state index is 0.0865. The van der Waals surface area contributed by atoms with Crippen molar-refractivity contribution in [2.24, 2.45) is 0 Å². The maximum absolute atomic E-state index is 11.4. The van der Waals surface area contributed by atoms with Crippen molar-refractivity contribution in [1.82, 2.24) is 0 Å². The molecule has 0 aromatic heterocycles. The first-order chi connectivity index (χ1) is 9.74. The third-order valence-electron chi connectivity index (χ3n) is 2.98. The van der Waals surface area contributed by atoms with Crippen LogP contribution < -0.4 is 4.74 Å². The molecule has 0 amide bonds. The van der Waals surface area contributed by atoms with E-state index in [0.717, 1.165) is 0 Å². The minimum Gasteiger partial charge on any atom is -0.490 e. The molecule has 4 nitrogen and oxygen atoms in total. The summed E-state index contributed by atoms with van der Waals surface area (Å²) in [6.45, 7) is 11.3. The Kier molecular flexibility index (Phi) is 5.97. The molecule has 116 valence electrons. The van der Waals surface area contributed by atoms with Gasteiger partial charge in [-0.25, -0.2) is 4.79 Å². The van der Waals surface area contributed by atoms with E-state index < -0.39 is 12.1 Å². The number of benzene rings is 1. The van der Waals surface area contributed by atoms with Gasteiger partial charge in [-0.3, -0.25) is 0 Å². The minimum atomic E-state index is -0.698. The highest BCUT2D eigenvalue weighted by atomic mass is 16.6. The second kappa shape index (κ2) is 7.27. The van der Waals surface area contributed by atoms with Gasteiger partial charge in [-0.05, 0) is 30.0 Å². The molecule has 1 aromatic rings. The Morgan fingerprint density at radius 3 is 2.29 bits per heavy atom. The highest BCUT2D eigenvalue weighted by Gasteiger charge is 2.16. The predicted molar refractivity (Wildman–Crippen MR) is 82.4 cm³/mol. The Bertz CT molecular complexity index is 483. The van der Waals surface area contributed by atoms with Gasteiger partial charge >= 0.3 is 5.97 Å². The predicted octanol–water partition coefficient (Wildman–Crippen LogP) is 2.84. The van der Waals surface area contributed by atoms with Crippen molar-refractivity contribution in [2.45, 2.75) is 39.2 Å². The van der Waals surface area contributed by atoms with E-state index in [-0.39, 0.29) is 18.6 Å². The Morgan fingerprint density at radius 1 is 1.29 bits per heavy atom. The quantitative estimate of drug-likeness (QED) is 0.647. The van der Waals surface area contributed by atoms with E-state index >= 15 is 0 Å². The molecule has 4 heteroatoms. The van der Waals surface area contributed by atoms with Crippen LogP contribution in [-0.2, 0) is 14.9 Å². The molecule has 1 rings (SSSR count). The van der Waals surface area contributed by atoms with E-state index in [1.807, 2.05) is 24.3 Å². The highest BCUT2D eigenvalue weighted by Crippen LogP contribution is 2.24. The number of esters is 1. The SMILES string of the molecule is C=C(C)C(=O)OC(CO)COc1ccc(C(C)(C)C)cc1. The van der Waals surface area contributed by atoms with Crippen molar-refractivity contribution in [2.75, 3.05) is 13.2 Å². The second-order valence-corrected chi connectivity index (χ2v) is 6.08. The maximum atomic E-state index is 11.4. The van der Waals surface area contributed by atoms with Gasteiger partial charge in [0.05, 0.1) is 6.61 Å². The smallest absolute Gasteiger partial charge is 0.333 e. The Morgan fingerprint density at radius 2 is 1.86 bits per heavy atom. The summed E-state index contributed by atoms with van der Waals surface area (Å²) >= 11 is 0. The molecular weight excluding hydrogens is 268 g/mol. The second-order valence-electron chi connectivity index (χ2n) is 6.08. The largest absolute Gasteiger partial charge is 0.490 e. The summed E-state index contributed by atoms with van der Waals surface area (Å²) in [6, 6.07) is 7.75. The van der Waals surface area contributed by atoms with Crippen LogP contribution in [0.4, 0.5) is 0 Å². The van der Waals surface area contributed by atoms with Crippen LogP contribution in [0.3, 0.4) is 0 Å². The van der Waals surface area contributed by atoms with Gasteiger partial charge in [0.2, 0.25) is 0 Å². The molecule has 0 heterocycles. The average molecular weight is 292 g/mol. The van der Waals surface area contributed by atoms with Crippen LogP contribution >= 0.6 is 0 Å². The summed E-state index contributed by atoms with van der Waals surface area (Å²) in [4.78, 5) is 11.4. The normalized spacial score (nSPS) is 12.6. The standard InChI is InChI=1S/C17H24O4/c1-12(2)16(19)21-15(10-18)11-20-14-8-6-13(7-9-14)17(3,4)5/h6-9,15,18H,1,10-11H2,2-5H3. The van der Waals surface area contributed by atoms with Crippen LogP contribution in [0.15, 0.2) is 36.4 Å². The average Bonchev–Trinajstić information content (AvgIpc) is 2.42. The van der Waals surface area contributed by atoms with Crippen LogP contribution in [0.1, 0.15) is 33.3 Å². The van der Waals surface area contributed by atoms with Crippen LogP contribution in [0.2, 0.25) is 0 Å². The van der Waals surface area contributed by atoms with Crippen molar-refractivity contribution in [3.63, 3.8) is 0 Å². The summed E-state index contributed by atoms with van der Waals surface area (Å²) in [5.41, 5.74) is 1.59. The van der Waals surface area contributed by atoms with E-state index in [1.165, 1.54) is 5.56 Å². The van der Waals surface area contributed by atoms with Gasteiger partial charge in [0.1, 0.15) is 12.4 Å². The van der Waals surface area contributed by atoms with Crippen molar-refractivity contribution in [3.8, 4) is 5.75 Å². The summed E-state index contributed by atoms with van der Waals surface area (Å²) in [7, 11) is 0. The third-order valence-corrected chi connectivity index (χ3v) is 2.98. The number of ether oxygens (including phenoxy) is 2. The topological polar surface area (TPSA) is 55.8 Å². The first-order valence-corrected chi connectivity index (χ1v) is 6.94. The molecule has 1 atom stereocenters. The van der Waals surface area contributed by atoms with Gasteiger partial charge in [0.25, 0.3) is 0 Å². The monoisotopic (exact) mass is 292 g/mol. The molecule has 0 aliphatic carbocycles. The van der Waals surface area contributed by atoms with Crippen molar-refractivity contribution in [1.29, 1.82) is 0 Å². The zero-order chi connectivity index (χ0) is 16.0.